The lowest BCUT2D eigenvalue weighted by molar-refractivity contribution is -0.138. The van der Waals surface area contributed by atoms with Gasteiger partial charge in [0.25, 0.3) is 0 Å². The zero-order chi connectivity index (χ0) is 13.9. The molecule has 1 aromatic rings. The smallest absolute Gasteiger partial charge is 0.226 e. The summed E-state index contributed by atoms with van der Waals surface area (Å²) in [7, 11) is 0. The molecule has 0 unspecified atom stereocenters. The third kappa shape index (κ3) is 2.60. The Morgan fingerprint density at radius 1 is 1.25 bits per heavy atom. The molecule has 0 N–H and O–H groups in total. The van der Waals surface area contributed by atoms with E-state index in [1.54, 1.807) is 6.20 Å². The largest absolute Gasteiger partial charge is 0.335 e. The second-order valence-electron chi connectivity index (χ2n) is 5.79. The standard InChI is InChI=1S/C16H20N2O2/c19-14-7-5-12(6-8-14)16(20)18-10-2-4-15(18)13-3-1-9-17-11-13/h1,3,9,11-12,15H,2,4-8,10H2/t15-/m1/s1. The molecule has 2 aliphatic rings. The van der Waals surface area contributed by atoms with E-state index in [-0.39, 0.29) is 17.9 Å². The lowest BCUT2D eigenvalue weighted by Gasteiger charge is -2.30. The van der Waals surface area contributed by atoms with E-state index in [0.717, 1.165) is 37.8 Å². The molecule has 20 heavy (non-hydrogen) atoms. The van der Waals surface area contributed by atoms with Gasteiger partial charge in [-0.25, -0.2) is 0 Å². The van der Waals surface area contributed by atoms with Gasteiger partial charge in [0.1, 0.15) is 5.78 Å². The number of carbonyl (C=O) groups excluding carboxylic acids is 2. The van der Waals surface area contributed by atoms with Gasteiger partial charge in [-0.1, -0.05) is 6.07 Å². The predicted octanol–water partition coefficient (Wildman–Crippen LogP) is 2.50. The summed E-state index contributed by atoms with van der Waals surface area (Å²) in [6, 6.07) is 4.15. The highest BCUT2D eigenvalue weighted by atomic mass is 16.2. The van der Waals surface area contributed by atoms with Gasteiger partial charge in [0.15, 0.2) is 0 Å². The number of Topliss-reactive ketones (excluding diaryl/α,β-unsaturated/α-hetero) is 1. The van der Waals surface area contributed by atoms with Crippen molar-refractivity contribution in [2.75, 3.05) is 6.54 Å². The third-order valence-electron chi connectivity index (χ3n) is 4.50. The Hall–Kier alpha value is -1.71. The Bertz CT molecular complexity index is 490. The van der Waals surface area contributed by atoms with Gasteiger partial charge in [0, 0.05) is 37.7 Å². The van der Waals surface area contributed by atoms with Crippen LogP contribution < -0.4 is 0 Å². The first-order valence-corrected chi connectivity index (χ1v) is 7.48. The lowest BCUT2D eigenvalue weighted by atomic mass is 9.87. The fourth-order valence-electron chi connectivity index (χ4n) is 3.37. The molecule has 1 atom stereocenters. The summed E-state index contributed by atoms with van der Waals surface area (Å²) in [6.45, 7) is 0.836. The molecule has 0 bridgehead atoms. The molecular weight excluding hydrogens is 252 g/mol. The molecule has 0 radical (unpaired) electrons. The monoisotopic (exact) mass is 272 g/mol. The van der Waals surface area contributed by atoms with Gasteiger partial charge in [-0.15, -0.1) is 0 Å². The number of aromatic nitrogens is 1. The second-order valence-corrected chi connectivity index (χ2v) is 5.79. The molecule has 0 aromatic carbocycles. The number of pyridine rings is 1. The first-order chi connectivity index (χ1) is 9.75. The molecular formula is C16H20N2O2. The van der Waals surface area contributed by atoms with E-state index in [9.17, 15) is 9.59 Å². The predicted molar refractivity (Wildman–Crippen MR) is 74.9 cm³/mol. The van der Waals surface area contributed by atoms with Crippen LogP contribution in [0, 0.1) is 5.92 Å². The summed E-state index contributed by atoms with van der Waals surface area (Å²) in [5.74, 6) is 0.591. The van der Waals surface area contributed by atoms with Gasteiger partial charge in [-0.2, -0.15) is 0 Å². The number of carbonyl (C=O) groups is 2. The van der Waals surface area contributed by atoms with Crippen LogP contribution in [0.15, 0.2) is 24.5 Å². The molecule has 106 valence electrons. The maximum Gasteiger partial charge on any atom is 0.226 e. The van der Waals surface area contributed by atoms with Crippen LogP contribution in [0.1, 0.15) is 50.1 Å². The summed E-state index contributed by atoms with van der Waals surface area (Å²) < 4.78 is 0. The molecule has 0 spiro atoms. The highest BCUT2D eigenvalue weighted by Crippen LogP contribution is 2.34. The molecule has 1 amide bonds. The fourth-order valence-corrected chi connectivity index (χ4v) is 3.37. The Morgan fingerprint density at radius 2 is 2.05 bits per heavy atom. The van der Waals surface area contributed by atoms with Gasteiger partial charge in [-0.05, 0) is 37.3 Å². The first-order valence-electron chi connectivity index (χ1n) is 7.48. The average molecular weight is 272 g/mol. The number of hydrogen-bond acceptors (Lipinski definition) is 3. The van der Waals surface area contributed by atoms with Crippen LogP contribution in [0.4, 0.5) is 0 Å². The van der Waals surface area contributed by atoms with E-state index in [4.69, 9.17) is 0 Å². The average Bonchev–Trinajstić information content (AvgIpc) is 2.97. The van der Waals surface area contributed by atoms with Gasteiger partial charge in [0.05, 0.1) is 6.04 Å². The van der Waals surface area contributed by atoms with Crippen molar-refractivity contribution in [2.45, 2.75) is 44.6 Å². The third-order valence-corrected chi connectivity index (χ3v) is 4.50. The molecule has 1 saturated heterocycles. The molecule has 4 heteroatoms. The van der Waals surface area contributed by atoms with Crippen molar-refractivity contribution in [2.24, 2.45) is 5.92 Å². The minimum absolute atomic E-state index is 0.0463. The van der Waals surface area contributed by atoms with E-state index < -0.39 is 0 Å². The van der Waals surface area contributed by atoms with Crippen LogP contribution in [-0.4, -0.2) is 28.1 Å². The van der Waals surface area contributed by atoms with E-state index in [0.29, 0.717) is 18.6 Å². The maximum absolute atomic E-state index is 12.7. The minimum Gasteiger partial charge on any atom is -0.335 e. The van der Waals surface area contributed by atoms with Crippen molar-refractivity contribution >= 4 is 11.7 Å². The molecule has 2 fully saturated rings. The summed E-state index contributed by atoms with van der Waals surface area (Å²) in [4.78, 5) is 30.2. The van der Waals surface area contributed by atoms with Gasteiger partial charge in [0.2, 0.25) is 5.91 Å². The summed E-state index contributed by atoms with van der Waals surface area (Å²) in [5.41, 5.74) is 1.13. The normalized spacial score (nSPS) is 24.1. The summed E-state index contributed by atoms with van der Waals surface area (Å²) >= 11 is 0. The van der Waals surface area contributed by atoms with E-state index >= 15 is 0 Å². The molecule has 1 aromatic heterocycles. The fraction of sp³-hybridized carbons (Fsp3) is 0.562. The number of likely N-dealkylation sites (tertiary alicyclic amines) is 1. The van der Waals surface area contributed by atoms with E-state index in [1.165, 1.54) is 0 Å². The molecule has 4 nitrogen and oxygen atoms in total. The molecule has 1 aliphatic carbocycles. The van der Waals surface area contributed by atoms with Crippen molar-refractivity contribution in [3.8, 4) is 0 Å². The van der Waals surface area contributed by atoms with Crippen LogP contribution in [0.5, 0.6) is 0 Å². The zero-order valence-corrected chi connectivity index (χ0v) is 11.6. The lowest BCUT2D eigenvalue weighted by Crippen LogP contribution is -2.37. The Labute approximate surface area is 119 Å². The van der Waals surface area contributed by atoms with Crippen LogP contribution in [0.3, 0.4) is 0 Å². The number of nitrogens with zero attached hydrogens (tertiary/aromatic N) is 2. The van der Waals surface area contributed by atoms with Crippen LogP contribution >= 0.6 is 0 Å². The molecule has 3 rings (SSSR count). The summed E-state index contributed by atoms with van der Waals surface area (Å²) in [6.07, 6.45) is 8.30. The van der Waals surface area contributed by atoms with Crippen molar-refractivity contribution in [1.82, 2.24) is 9.88 Å². The highest BCUT2D eigenvalue weighted by Gasteiger charge is 2.35. The molecule has 1 aliphatic heterocycles. The van der Waals surface area contributed by atoms with Crippen molar-refractivity contribution in [3.63, 3.8) is 0 Å². The first kappa shape index (κ1) is 13.3. The van der Waals surface area contributed by atoms with Gasteiger partial charge >= 0.3 is 0 Å². The summed E-state index contributed by atoms with van der Waals surface area (Å²) in [5, 5.41) is 0. The SMILES string of the molecule is O=C1CCC(C(=O)N2CCC[C@@H]2c2cccnc2)CC1. The highest BCUT2D eigenvalue weighted by molar-refractivity contribution is 5.85. The zero-order valence-electron chi connectivity index (χ0n) is 11.6. The second kappa shape index (κ2) is 5.73. The van der Waals surface area contributed by atoms with E-state index in [1.807, 2.05) is 23.2 Å². The van der Waals surface area contributed by atoms with Crippen molar-refractivity contribution in [1.29, 1.82) is 0 Å². The van der Waals surface area contributed by atoms with Crippen LogP contribution in [0.2, 0.25) is 0 Å². The topological polar surface area (TPSA) is 50.3 Å². The number of hydrogen-bond donors (Lipinski definition) is 0. The van der Waals surface area contributed by atoms with Crippen molar-refractivity contribution < 1.29 is 9.59 Å². The quantitative estimate of drug-likeness (QED) is 0.831. The molecule has 1 saturated carbocycles. The van der Waals surface area contributed by atoms with Gasteiger partial charge in [-0.3, -0.25) is 14.6 Å². The Morgan fingerprint density at radius 3 is 2.75 bits per heavy atom. The number of amides is 1. The van der Waals surface area contributed by atoms with E-state index in [2.05, 4.69) is 4.98 Å². The number of ketones is 1. The van der Waals surface area contributed by atoms with Crippen LogP contribution in [-0.2, 0) is 9.59 Å². The van der Waals surface area contributed by atoms with Crippen molar-refractivity contribution in [3.05, 3.63) is 30.1 Å². The number of rotatable bonds is 2. The Kier molecular flexibility index (Phi) is 3.81. The minimum atomic E-state index is 0.0463. The molecule has 2 heterocycles. The van der Waals surface area contributed by atoms with Crippen LogP contribution in [0.25, 0.3) is 0 Å². The van der Waals surface area contributed by atoms with Gasteiger partial charge < -0.3 is 4.90 Å². The Balaban J connectivity index is 1.72. The maximum atomic E-state index is 12.7.